The molecule has 0 bridgehead atoms. The van der Waals surface area contributed by atoms with Gasteiger partial charge in [0.15, 0.2) is 5.82 Å². The number of H-pyrrole nitrogens is 1. The summed E-state index contributed by atoms with van der Waals surface area (Å²) >= 11 is 7.23. The number of amides is 1. The molecular formula is C20H14ClF2N3O3S. The smallest absolute Gasteiger partial charge is 0.387 e. The molecule has 0 unspecified atom stereocenters. The lowest BCUT2D eigenvalue weighted by Crippen LogP contribution is -2.11. The molecule has 0 aliphatic heterocycles. The maximum atomic E-state index is 12.6. The van der Waals surface area contributed by atoms with Crippen molar-refractivity contribution in [2.24, 2.45) is 0 Å². The van der Waals surface area contributed by atoms with E-state index in [2.05, 4.69) is 20.3 Å². The summed E-state index contributed by atoms with van der Waals surface area (Å²) in [5.74, 6) is 0.484. The van der Waals surface area contributed by atoms with Gasteiger partial charge in [-0.2, -0.15) is 13.9 Å². The number of carbonyl (C=O) groups excluding carboxylic acids is 1. The summed E-state index contributed by atoms with van der Waals surface area (Å²) in [7, 11) is 0. The van der Waals surface area contributed by atoms with Crippen molar-refractivity contribution in [1.29, 1.82) is 0 Å². The number of para-hydroxylation sites is 1. The summed E-state index contributed by atoms with van der Waals surface area (Å²) in [6.07, 6.45) is 0. The number of anilines is 1. The molecule has 154 valence electrons. The van der Waals surface area contributed by atoms with Gasteiger partial charge in [0.05, 0.1) is 10.5 Å². The Morgan fingerprint density at radius 3 is 2.83 bits per heavy atom. The van der Waals surface area contributed by atoms with Crippen molar-refractivity contribution in [2.45, 2.75) is 13.2 Å². The van der Waals surface area contributed by atoms with Gasteiger partial charge in [0, 0.05) is 10.9 Å². The Morgan fingerprint density at radius 2 is 2.07 bits per heavy atom. The molecular weight excluding hydrogens is 436 g/mol. The lowest BCUT2D eigenvalue weighted by molar-refractivity contribution is -0.0508. The van der Waals surface area contributed by atoms with E-state index in [1.165, 1.54) is 17.4 Å². The average molecular weight is 450 g/mol. The van der Waals surface area contributed by atoms with Crippen LogP contribution in [0.3, 0.4) is 0 Å². The summed E-state index contributed by atoms with van der Waals surface area (Å²) in [4.78, 5) is 12.8. The first-order valence-corrected chi connectivity index (χ1v) is 9.95. The van der Waals surface area contributed by atoms with E-state index in [4.69, 9.17) is 16.3 Å². The van der Waals surface area contributed by atoms with Gasteiger partial charge in [-0.05, 0) is 35.7 Å². The summed E-state index contributed by atoms with van der Waals surface area (Å²) in [5, 5.41) is 12.4. The third-order valence-electron chi connectivity index (χ3n) is 4.17. The summed E-state index contributed by atoms with van der Waals surface area (Å²) < 4.78 is 35.4. The minimum Gasteiger partial charge on any atom is -0.489 e. The van der Waals surface area contributed by atoms with Crippen LogP contribution in [0.25, 0.3) is 10.9 Å². The zero-order valence-electron chi connectivity index (χ0n) is 15.2. The molecule has 0 radical (unpaired) electrons. The number of alkyl halides is 2. The van der Waals surface area contributed by atoms with Crippen LogP contribution in [-0.4, -0.2) is 22.7 Å². The molecule has 0 aliphatic carbocycles. The molecule has 0 atom stereocenters. The Bertz CT molecular complexity index is 1190. The molecule has 10 heteroatoms. The topological polar surface area (TPSA) is 76.2 Å². The van der Waals surface area contributed by atoms with E-state index >= 15 is 0 Å². The first-order chi connectivity index (χ1) is 14.5. The largest absolute Gasteiger partial charge is 0.489 e. The summed E-state index contributed by atoms with van der Waals surface area (Å²) in [5.41, 5.74) is 1.17. The minimum absolute atomic E-state index is 0.0265. The van der Waals surface area contributed by atoms with Gasteiger partial charge in [-0.25, -0.2) is 0 Å². The summed E-state index contributed by atoms with van der Waals surface area (Å²) in [6, 6.07) is 13.2. The first kappa shape index (κ1) is 20.1. The van der Waals surface area contributed by atoms with Gasteiger partial charge in [0.25, 0.3) is 5.91 Å². The quantitative estimate of drug-likeness (QED) is 0.379. The average Bonchev–Trinajstić information content (AvgIpc) is 3.33. The number of halogens is 3. The van der Waals surface area contributed by atoms with Crippen molar-refractivity contribution >= 4 is 45.6 Å². The second-order valence-corrected chi connectivity index (χ2v) is 7.43. The van der Waals surface area contributed by atoms with Crippen LogP contribution in [0.4, 0.5) is 14.6 Å². The van der Waals surface area contributed by atoms with Crippen molar-refractivity contribution in [3.05, 3.63) is 69.4 Å². The molecule has 1 amide bonds. The fourth-order valence-corrected chi connectivity index (χ4v) is 3.83. The van der Waals surface area contributed by atoms with E-state index in [9.17, 15) is 13.6 Å². The van der Waals surface area contributed by atoms with Gasteiger partial charge in [0.1, 0.15) is 23.0 Å². The van der Waals surface area contributed by atoms with Crippen LogP contribution < -0.4 is 14.8 Å². The highest BCUT2D eigenvalue weighted by molar-refractivity contribution is 7.12. The van der Waals surface area contributed by atoms with E-state index in [1.54, 1.807) is 47.8 Å². The van der Waals surface area contributed by atoms with Gasteiger partial charge < -0.3 is 14.8 Å². The molecule has 0 fully saturated rings. The predicted molar refractivity (Wildman–Crippen MR) is 111 cm³/mol. The number of aromatic amines is 1. The molecule has 6 nitrogen and oxygen atoms in total. The maximum Gasteiger partial charge on any atom is 0.387 e. The number of carbonyl (C=O) groups is 1. The fourth-order valence-electron chi connectivity index (χ4n) is 2.79. The number of rotatable bonds is 7. The van der Waals surface area contributed by atoms with Crippen LogP contribution in [-0.2, 0) is 6.61 Å². The van der Waals surface area contributed by atoms with E-state index < -0.39 is 6.61 Å². The van der Waals surface area contributed by atoms with Gasteiger partial charge in [-0.1, -0.05) is 29.8 Å². The molecule has 4 rings (SSSR count). The number of nitrogens with zero attached hydrogens (tertiary/aromatic N) is 1. The fraction of sp³-hybridized carbons (Fsp3) is 0.100. The second-order valence-electron chi connectivity index (χ2n) is 6.11. The Labute approximate surface area is 178 Å². The van der Waals surface area contributed by atoms with Gasteiger partial charge in [0.2, 0.25) is 0 Å². The maximum absolute atomic E-state index is 12.6. The zero-order valence-corrected chi connectivity index (χ0v) is 16.8. The number of thiophene rings is 1. The molecule has 0 saturated carbocycles. The Hall–Kier alpha value is -3.17. The number of benzene rings is 2. The van der Waals surface area contributed by atoms with Crippen LogP contribution in [0.5, 0.6) is 11.5 Å². The number of nitrogens with one attached hydrogen (secondary N) is 2. The molecule has 0 spiro atoms. The second kappa shape index (κ2) is 8.68. The van der Waals surface area contributed by atoms with Crippen molar-refractivity contribution in [3.8, 4) is 11.5 Å². The summed E-state index contributed by atoms with van der Waals surface area (Å²) in [6.45, 7) is -2.89. The van der Waals surface area contributed by atoms with Crippen LogP contribution in [0, 0.1) is 0 Å². The number of ether oxygens (including phenoxy) is 2. The molecule has 2 N–H and O–H groups in total. The number of hydrogen-bond donors (Lipinski definition) is 2. The lowest BCUT2D eigenvalue weighted by Gasteiger charge is -2.12. The molecule has 0 aliphatic rings. The third kappa shape index (κ3) is 4.37. The zero-order chi connectivity index (χ0) is 21.1. The van der Waals surface area contributed by atoms with E-state index in [1.807, 2.05) is 0 Å². The van der Waals surface area contributed by atoms with Crippen molar-refractivity contribution in [1.82, 2.24) is 10.2 Å². The van der Waals surface area contributed by atoms with Crippen LogP contribution in [0.2, 0.25) is 5.02 Å². The SMILES string of the molecule is O=C(Nc1n[nH]c2ccc(OCc3ccccc3OC(F)F)cc12)c1sccc1Cl. The Morgan fingerprint density at radius 1 is 1.23 bits per heavy atom. The number of fused-ring (bicyclic) bond motifs is 1. The predicted octanol–water partition coefficient (Wildman–Crippen LogP) is 5.71. The monoisotopic (exact) mass is 449 g/mol. The molecule has 2 aromatic heterocycles. The van der Waals surface area contributed by atoms with E-state index in [-0.39, 0.29) is 18.3 Å². The normalized spacial score (nSPS) is 11.1. The minimum atomic E-state index is -2.92. The molecule has 4 aromatic rings. The molecule has 0 saturated heterocycles. The molecule has 2 aromatic carbocycles. The van der Waals surface area contributed by atoms with Gasteiger partial charge in [-0.3, -0.25) is 9.89 Å². The Kier molecular flexibility index (Phi) is 5.82. The first-order valence-electron chi connectivity index (χ1n) is 8.69. The van der Waals surface area contributed by atoms with Crippen molar-refractivity contribution in [2.75, 3.05) is 5.32 Å². The van der Waals surface area contributed by atoms with E-state index in [0.29, 0.717) is 37.9 Å². The van der Waals surface area contributed by atoms with Crippen LogP contribution >= 0.6 is 22.9 Å². The highest BCUT2D eigenvalue weighted by atomic mass is 35.5. The molecule has 2 heterocycles. The Balaban J connectivity index is 1.52. The highest BCUT2D eigenvalue weighted by Crippen LogP contribution is 2.29. The molecule has 30 heavy (non-hydrogen) atoms. The van der Waals surface area contributed by atoms with E-state index in [0.717, 1.165) is 0 Å². The third-order valence-corrected chi connectivity index (χ3v) is 5.51. The highest BCUT2D eigenvalue weighted by Gasteiger charge is 2.16. The van der Waals surface area contributed by atoms with Crippen LogP contribution in [0.1, 0.15) is 15.2 Å². The number of hydrogen-bond acceptors (Lipinski definition) is 5. The van der Waals surface area contributed by atoms with Crippen LogP contribution in [0.15, 0.2) is 53.9 Å². The van der Waals surface area contributed by atoms with Crippen molar-refractivity contribution in [3.63, 3.8) is 0 Å². The number of aromatic nitrogens is 2. The van der Waals surface area contributed by atoms with Gasteiger partial charge in [-0.15, -0.1) is 11.3 Å². The standard InChI is InChI=1S/C20H14ClF2N3O3S/c21-14-7-8-30-17(14)19(27)24-18-13-9-12(5-6-15(13)25-26-18)28-10-11-3-1-2-4-16(11)29-20(22)23/h1-9,20H,10H2,(H2,24,25,26,27). The lowest BCUT2D eigenvalue weighted by atomic mass is 10.2. The van der Waals surface area contributed by atoms with Crippen molar-refractivity contribution < 1.29 is 23.0 Å². The van der Waals surface area contributed by atoms with Gasteiger partial charge >= 0.3 is 6.61 Å².